The van der Waals surface area contributed by atoms with Crippen LogP contribution in [0.3, 0.4) is 0 Å². The lowest BCUT2D eigenvalue weighted by Gasteiger charge is -2.09. The first-order valence-corrected chi connectivity index (χ1v) is 3.10. The molecule has 0 saturated carbocycles. The van der Waals surface area contributed by atoms with Crippen LogP contribution in [-0.2, 0) is 4.79 Å². The van der Waals surface area contributed by atoms with Gasteiger partial charge in [0.05, 0.1) is 0 Å². The van der Waals surface area contributed by atoms with Crippen molar-refractivity contribution in [2.24, 2.45) is 0 Å². The normalized spacial score (nSPS) is 12.6. The molecular formula is C6H9F3N2O. The highest BCUT2D eigenvalue weighted by molar-refractivity contribution is 5.88. The standard InChI is InChI=1S/C6H9F3N2O/c1-10-4(6(7,8)9)3-5(12)11-2/h3,10H,1-2H3,(H,11,12)/b4-3+. The number of alkyl halides is 3. The van der Waals surface area contributed by atoms with Gasteiger partial charge in [0.15, 0.2) is 0 Å². The Morgan fingerprint density at radius 1 is 1.25 bits per heavy atom. The van der Waals surface area contributed by atoms with Gasteiger partial charge in [-0.05, 0) is 0 Å². The average molecular weight is 182 g/mol. The van der Waals surface area contributed by atoms with E-state index in [-0.39, 0.29) is 0 Å². The van der Waals surface area contributed by atoms with E-state index < -0.39 is 17.8 Å². The van der Waals surface area contributed by atoms with Gasteiger partial charge in [-0.25, -0.2) is 0 Å². The molecule has 0 aromatic carbocycles. The molecule has 0 atom stereocenters. The summed E-state index contributed by atoms with van der Waals surface area (Å²) in [5.74, 6) is -0.795. The van der Waals surface area contributed by atoms with Crippen LogP contribution in [0.2, 0.25) is 0 Å². The summed E-state index contributed by atoms with van der Waals surface area (Å²) in [6.45, 7) is 0. The van der Waals surface area contributed by atoms with Gasteiger partial charge in [0.1, 0.15) is 5.70 Å². The fraction of sp³-hybridized carbons (Fsp3) is 0.500. The summed E-state index contributed by atoms with van der Waals surface area (Å²) >= 11 is 0. The van der Waals surface area contributed by atoms with Crippen LogP contribution < -0.4 is 10.6 Å². The number of rotatable bonds is 2. The molecule has 6 heteroatoms. The van der Waals surface area contributed by atoms with E-state index in [0.717, 1.165) is 7.05 Å². The van der Waals surface area contributed by atoms with Crippen molar-refractivity contribution in [3.8, 4) is 0 Å². The Hall–Kier alpha value is -1.20. The minimum absolute atomic E-state index is 0.458. The molecule has 1 amide bonds. The van der Waals surface area contributed by atoms with Gasteiger partial charge in [0.25, 0.3) is 0 Å². The van der Waals surface area contributed by atoms with Crippen LogP contribution in [0.4, 0.5) is 13.2 Å². The van der Waals surface area contributed by atoms with Crippen LogP contribution in [0.1, 0.15) is 0 Å². The highest BCUT2D eigenvalue weighted by atomic mass is 19.4. The van der Waals surface area contributed by atoms with E-state index >= 15 is 0 Å². The third-order valence-corrected chi connectivity index (χ3v) is 1.10. The molecule has 70 valence electrons. The zero-order valence-corrected chi connectivity index (χ0v) is 6.62. The minimum Gasteiger partial charge on any atom is -0.384 e. The Balaban J connectivity index is 4.55. The molecule has 0 fully saturated rings. The first-order chi connectivity index (χ1) is 5.41. The van der Waals surface area contributed by atoms with Crippen molar-refractivity contribution in [2.45, 2.75) is 6.18 Å². The van der Waals surface area contributed by atoms with Crippen LogP contribution in [0.25, 0.3) is 0 Å². The molecule has 3 nitrogen and oxygen atoms in total. The first-order valence-electron chi connectivity index (χ1n) is 3.10. The number of carbonyl (C=O) groups excluding carboxylic acids is 1. The number of nitrogens with one attached hydrogen (secondary N) is 2. The highest BCUT2D eigenvalue weighted by Gasteiger charge is 2.33. The fourth-order valence-corrected chi connectivity index (χ4v) is 0.499. The Morgan fingerprint density at radius 2 is 1.75 bits per heavy atom. The molecule has 0 saturated heterocycles. The summed E-state index contributed by atoms with van der Waals surface area (Å²) in [4.78, 5) is 10.5. The first kappa shape index (κ1) is 10.8. The van der Waals surface area contributed by atoms with Gasteiger partial charge < -0.3 is 10.6 Å². The van der Waals surface area contributed by atoms with E-state index in [1.807, 2.05) is 10.6 Å². The monoisotopic (exact) mass is 182 g/mol. The molecule has 0 rings (SSSR count). The molecule has 0 aliphatic rings. The summed E-state index contributed by atoms with van der Waals surface area (Å²) in [5.41, 5.74) is -1.07. The summed E-state index contributed by atoms with van der Waals surface area (Å²) in [7, 11) is 2.35. The Labute approximate surface area is 67.6 Å². The van der Waals surface area contributed by atoms with Crippen LogP contribution in [-0.4, -0.2) is 26.2 Å². The van der Waals surface area contributed by atoms with Crippen molar-refractivity contribution in [1.82, 2.24) is 10.6 Å². The van der Waals surface area contributed by atoms with E-state index in [1.165, 1.54) is 7.05 Å². The Kier molecular flexibility index (Phi) is 3.59. The predicted molar refractivity (Wildman–Crippen MR) is 37.3 cm³/mol. The minimum atomic E-state index is -4.51. The zero-order valence-electron chi connectivity index (χ0n) is 6.62. The number of hydrogen-bond donors (Lipinski definition) is 2. The van der Waals surface area contributed by atoms with E-state index in [2.05, 4.69) is 0 Å². The van der Waals surface area contributed by atoms with Gasteiger partial charge >= 0.3 is 6.18 Å². The van der Waals surface area contributed by atoms with Gasteiger partial charge in [-0.3, -0.25) is 4.79 Å². The van der Waals surface area contributed by atoms with Crippen molar-refractivity contribution >= 4 is 5.91 Å². The topological polar surface area (TPSA) is 41.1 Å². The maximum absolute atomic E-state index is 11.9. The second-order valence-corrected chi connectivity index (χ2v) is 1.92. The van der Waals surface area contributed by atoms with E-state index in [4.69, 9.17) is 0 Å². The molecule has 0 aromatic rings. The third-order valence-electron chi connectivity index (χ3n) is 1.10. The maximum atomic E-state index is 11.9. The van der Waals surface area contributed by atoms with Gasteiger partial charge in [-0.15, -0.1) is 0 Å². The molecule has 0 heterocycles. The molecule has 12 heavy (non-hydrogen) atoms. The van der Waals surface area contributed by atoms with E-state index in [9.17, 15) is 18.0 Å². The van der Waals surface area contributed by atoms with Gasteiger partial charge in [0.2, 0.25) is 5.91 Å². The quantitative estimate of drug-likeness (QED) is 0.607. The Morgan fingerprint density at radius 3 is 2.00 bits per heavy atom. The smallest absolute Gasteiger partial charge is 0.384 e. The van der Waals surface area contributed by atoms with Crippen LogP contribution in [0.5, 0.6) is 0 Å². The molecule has 0 aliphatic heterocycles. The number of hydrogen-bond acceptors (Lipinski definition) is 2. The lowest BCUT2D eigenvalue weighted by atomic mass is 10.3. The van der Waals surface area contributed by atoms with Crippen molar-refractivity contribution in [3.63, 3.8) is 0 Å². The lowest BCUT2D eigenvalue weighted by molar-refractivity contribution is -0.118. The molecule has 0 aromatic heterocycles. The second-order valence-electron chi connectivity index (χ2n) is 1.92. The van der Waals surface area contributed by atoms with Crippen LogP contribution in [0, 0.1) is 0 Å². The molecule has 2 N–H and O–H groups in total. The molecule has 0 radical (unpaired) electrons. The summed E-state index contributed by atoms with van der Waals surface area (Å²) in [6, 6.07) is 0. The SMILES string of the molecule is CNC(=O)/C=C(/NC)C(F)(F)F. The summed E-state index contributed by atoms with van der Waals surface area (Å²) in [6.07, 6.45) is -4.05. The van der Waals surface area contributed by atoms with E-state index in [1.54, 1.807) is 0 Å². The van der Waals surface area contributed by atoms with Crippen LogP contribution in [0.15, 0.2) is 11.8 Å². The molecule has 0 aliphatic carbocycles. The molecule has 0 bridgehead atoms. The summed E-state index contributed by atoms with van der Waals surface area (Å²) in [5, 5.41) is 3.93. The van der Waals surface area contributed by atoms with Crippen molar-refractivity contribution in [2.75, 3.05) is 14.1 Å². The molecule has 0 spiro atoms. The predicted octanol–water partition coefficient (Wildman–Crippen LogP) is 0.398. The van der Waals surface area contributed by atoms with Gasteiger partial charge in [-0.1, -0.05) is 0 Å². The van der Waals surface area contributed by atoms with E-state index in [0.29, 0.717) is 6.08 Å². The number of amides is 1. The van der Waals surface area contributed by atoms with Crippen molar-refractivity contribution in [1.29, 1.82) is 0 Å². The number of likely N-dealkylation sites (N-methyl/N-ethyl adjacent to an activating group) is 1. The zero-order chi connectivity index (χ0) is 9.78. The fourth-order valence-electron chi connectivity index (χ4n) is 0.499. The van der Waals surface area contributed by atoms with Crippen molar-refractivity contribution in [3.05, 3.63) is 11.8 Å². The lowest BCUT2D eigenvalue weighted by Crippen LogP contribution is -2.26. The van der Waals surface area contributed by atoms with Gasteiger partial charge in [-0.2, -0.15) is 13.2 Å². The highest BCUT2D eigenvalue weighted by Crippen LogP contribution is 2.22. The Bertz CT molecular complexity index is 197. The second kappa shape index (κ2) is 3.99. The number of allylic oxidation sites excluding steroid dienone is 1. The summed E-state index contributed by atoms with van der Waals surface area (Å²) < 4.78 is 35.7. The largest absolute Gasteiger partial charge is 0.431 e. The maximum Gasteiger partial charge on any atom is 0.431 e. The van der Waals surface area contributed by atoms with Crippen molar-refractivity contribution < 1.29 is 18.0 Å². The van der Waals surface area contributed by atoms with Gasteiger partial charge in [0, 0.05) is 20.2 Å². The number of carbonyl (C=O) groups is 1. The number of halogens is 3. The molecule has 0 unspecified atom stereocenters. The average Bonchev–Trinajstić information content (AvgIpc) is 1.97. The molecular weight excluding hydrogens is 173 g/mol. The van der Waals surface area contributed by atoms with Crippen LogP contribution >= 0.6 is 0 Å². The third kappa shape index (κ3) is 3.27.